The lowest BCUT2D eigenvalue weighted by Crippen LogP contribution is -2.45. The molecule has 0 radical (unpaired) electrons. The number of aliphatic hydroxyl groups is 1. The van der Waals surface area contributed by atoms with Crippen LogP contribution in [-0.2, 0) is 10.2 Å². The summed E-state index contributed by atoms with van der Waals surface area (Å²) in [4.78, 5) is 18.5. The Labute approximate surface area is 136 Å². The van der Waals surface area contributed by atoms with Crippen LogP contribution in [0, 0.1) is 5.92 Å². The molecule has 0 bridgehead atoms. The lowest BCUT2D eigenvalue weighted by Gasteiger charge is -2.32. The molecule has 1 saturated heterocycles. The molecule has 2 heterocycles. The van der Waals surface area contributed by atoms with E-state index in [0.29, 0.717) is 11.8 Å². The number of carbonyl (C=O) groups excluding carboxylic acids is 1. The molecule has 23 heavy (non-hydrogen) atoms. The summed E-state index contributed by atoms with van der Waals surface area (Å²) in [5.74, 6) is 1.00. The van der Waals surface area contributed by atoms with Gasteiger partial charge in [-0.25, -0.2) is 0 Å². The van der Waals surface area contributed by atoms with Crippen LogP contribution in [0.4, 0.5) is 5.95 Å². The van der Waals surface area contributed by atoms with E-state index >= 15 is 0 Å². The molecule has 3 rings (SSSR count). The second-order valence-electron chi connectivity index (χ2n) is 7.70. The van der Waals surface area contributed by atoms with Gasteiger partial charge in [0.05, 0.1) is 0 Å². The van der Waals surface area contributed by atoms with Crippen molar-refractivity contribution < 1.29 is 14.4 Å². The van der Waals surface area contributed by atoms with Gasteiger partial charge in [-0.05, 0) is 36.8 Å². The number of anilines is 1. The van der Waals surface area contributed by atoms with Gasteiger partial charge in [0, 0.05) is 24.5 Å². The molecule has 2 fully saturated rings. The van der Waals surface area contributed by atoms with Crippen LogP contribution in [0.2, 0.25) is 0 Å². The van der Waals surface area contributed by atoms with Crippen molar-refractivity contribution in [3.05, 3.63) is 5.89 Å². The topological polar surface area (TPSA) is 91.5 Å². The van der Waals surface area contributed by atoms with E-state index in [1.807, 2.05) is 20.8 Å². The van der Waals surface area contributed by atoms with Crippen LogP contribution in [0.3, 0.4) is 0 Å². The van der Waals surface area contributed by atoms with Gasteiger partial charge in [-0.1, -0.05) is 20.8 Å². The van der Waals surface area contributed by atoms with E-state index < -0.39 is 6.10 Å². The standard InChI is InChI=1S/C16H26N4O3/c1-16(2,3)14-18-15(19-23-14)20-8-6-10(7-9-20)12(21)13(22)17-11-4-5-11/h10-12,21H,4-9H2,1-3H3,(H,17,22). The number of hydrogen-bond donors (Lipinski definition) is 2. The Morgan fingerprint density at radius 2 is 1.96 bits per heavy atom. The molecule has 1 aliphatic carbocycles. The maximum Gasteiger partial charge on any atom is 0.266 e. The van der Waals surface area contributed by atoms with Gasteiger partial charge in [-0.3, -0.25) is 4.79 Å². The number of nitrogens with zero attached hydrogens (tertiary/aromatic N) is 3. The molecular formula is C16H26N4O3. The van der Waals surface area contributed by atoms with Crippen molar-refractivity contribution in [1.82, 2.24) is 15.5 Å². The van der Waals surface area contributed by atoms with Crippen LogP contribution in [0.1, 0.15) is 52.3 Å². The van der Waals surface area contributed by atoms with Crippen LogP contribution < -0.4 is 10.2 Å². The number of aliphatic hydroxyl groups excluding tert-OH is 1. The molecule has 128 valence electrons. The number of amides is 1. The third kappa shape index (κ3) is 3.83. The van der Waals surface area contributed by atoms with Gasteiger partial charge in [-0.15, -0.1) is 0 Å². The first kappa shape index (κ1) is 16.2. The summed E-state index contributed by atoms with van der Waals surface area (Å²) < 4.78 is 5.33. The fraction of sp³-hybridized carbons (Fsp3) is 0.812. The van der Waals surface area contributed by atoms with Crippen molar-refractivity contribution >= 4 is 11.9 Å². The summed E-state index contributed by atoms with van der Waals surface area (Å²) in [5, 5.41) is 17.1. The maximum absolute atomic E-state index is 11.9. The summed E-state index contributed by atoms with van der Waals surface area (Å²) in [5.41, 5.74) is -0.166. The smallest absolute Gasteiger partial charge is 0.266 e. The number of nitrogens with one attached hydrogen (secondary N) is 1. The average molecular weight is 322 g/mol. The van der Waals surface area contributed by atoms with Gasteiger partial charge in [0.1, 0.15) is 6.10 Å². The van der Waals surface area contributed by atoms with E-state index in [1.54, 1.807) is 0 Å². The Morgan fingerprint density at radius 1 is 1.30 bits per heavy atom. The molecule has 1 unspecified atom stereocenters. The fourth-order valence-electron chi connectivity index (χ4n) is 2.79. The minimum atomic E-state index is -0.909. The minimum absolute atomic E-state index is 0.000937. The van der Waals surface area contributed by atoms with E-state index in [-0.39, 0.29) is 23.3 Å². The predicted octanol–water partition coefficient (Wildman–Crippen LogP) is 1.22. The Balaban J connectivity index is 1.53. The van der Waals surface area contributed by atoms with Crippen molar-refractivity contribution in [3.8, 4) is 0 Å². The SMILES string of the molecule is CC(C)(C)c1nc(N2CCC(C(O)C(=O)NC3CC3)CC2)no1. The molecule has 1 atom stereocenters. The molecular weight excluding hydrogens is 296 g/mol. The van der Waals surface area contributed by atoms with Crippen molar-refractivity contribution in [2.24, 2.45) is 5.92 Å². The van der Waals surface area contributed by atoms with E-state index in [1.165, 1.54) is 0 Å². The van der Waals surface area contributed by atoms with E-state index in [2.05, 4.69) is 20.4 Å². The first-order valence-corrected chi connectivity index (χ1v) is 8.42. The van der Waals surface area contributed by atoms with Crippen molar-refractivity contribution in [2.75, 3.05) is 18.0 Å². The fourth-order valence-corrected chi connectivity index (χ4v) is 2.79. The molecule has 2 aliphatic rings. The largest absolute Gasteiger partial charge is 0.383 e. The molecule has 1 aromatic heterocycles. The third-order valence-corrected chi connectivity index (χ3v) is 4.52. The summed E-state index contributed by atoms with van der Waals surface area (Å²) in [6.07, 6.45) is 2.65. The van der Waals surface area contributed by atoms with E-state index in [9.17, 15) is 9.90 Å². The summed E-state index contributed by atoms with van der Waals surface area (Å²) >= 11 is 0. The third-order valence-electron chi connectivity index (χ3n) is 4.52. The average Bonchev–Trinajstić information content (AvgIpc) is 3.17. The summed E-state index contributed by atoms with van der Waals surface area (Å²) in [6, 6.07) is 0.285. The molecule has 0 spiro atoms. The van der Waals surface area contributed by atoms with Crippen LogP contribution in [0.15, 0.2) is 4.52 Å². The van der Waals surface area contributed by atoms with Crippen molar-refractivity contribution in [1.29, 1.82) is 0 Å². The van der Waals surface area contributed by atoms with E-state index in [4.69, 9.17) is 4.52 Å². The first-order chi connectivity index (χ1) is 10.8. The molecule has 2 N–H and O–H groups in total. The predicted molar refractivity (Wildman–Crippen MR) is 85.1 cm³/mol. The highest BCUT2D eigenvalue weighted by Gasteiger charge is 2.34. The second-order valence-corrected chi connectivity index (χ2v) is 7.70. The van der Waals surface area contributed by atoms with Crippen LogP contribution in [0.25, 0.3) is 0 Å². The Hall–Kier alpha value is -1.63. The zero-order valence-corrected chi connectivity index (χ0v) is 14.1. The maximum atomic E-state index is 11.9. The van der Waals surface area contributed by atoms with Gasteiger partial charge in [0.25, 0.3) is 5.95 Å². The first-order valence-electron chi connectivity index (χ1n) is 8.42. The Kier molecular flexibility index (Phi) is 4.31. The Bertz CT molecular complexity index is 554. The molecule has 7 heteroatoms. The Morgan fingerprint density at radius 3 is 2.48 bits per heavy atom. The van der Waals surface area contributed by atoms with Crippen molar-refractivity contribution in [2.45, 2.75) is 64.0 Å². The van der Waals surface area contributed by atoms with Crippen LogP contribution in [0.5, 0.6) is 0 Å². The summed E-state index contributed by atoms with van der Waals surface area (Å²) in [6.45, 7) is 7.55. The molecule has 1 amide bonds. The molecule has 7 nitrogen and oxygen atoms in total. The molecule has 0 aromatic carbocycles. The quantitative estimate of drug-likeness (QED) is 0.866. The molecule has 1 aliphatic heterocycles. The van der Waals surface area contributed by atoms with Crippen LogP contribution in [-0.4, -0.2) is 46.4 Å². The van der Waals surface area contributed by atoms with Crippen molar-refractivity contribution in [3.63, 3.8) is 0 Å². The molecule has 1 saturated carbocycles. The molecule has 1 aromatic rings. The van der Waals surface area contributed by atoms with Gasteiger partial charge in [-0.2, -0.15) is 4.98 Å². The summed E-state index contributed by atoms with van der Waals surface area (Å²) in [7, 11) is 0. The number of aromatic nitrogens is 2. The van der Waals surface area contributed by atoms with Gasteiger partial charge < -0.3 is 19.8 Å². The zero-order chi connectivity index (χ0) is 16.6. The highest BCUT2D eigenvalue weighted by Crippen LogP contribution is 2.27. The van der Waals surface area contributed by atoms with Gasteiger partial charge >= 0.3 is 0 Å². The second kappa shape index (κ2) is 6.11. The van der Waals surface area contributed by atoms with Gasteiger partial charge in [0.2, 0.25) is 11.8 Å². The number of carbonyl (C=O) groups is 1. The highest BCUT2D eigenvalue weighted by molar-refractivity contribution is 5.81. The normalized spacial score (nSPS) is 21.3. The number of hydrogen-bond acceptors (Lipinski definition) is 6. The van der Waals surface area contributed by atoms with Gasteiger partial charge in [0.15, 0.2) is 0 Å². The lowest BCUT2D eigenvalue weighted by molar-refractivity contribution is -0.132. The minimum Gasteiger partial charge on any atom is -0.383 e. The number of rotatable bonds is 4. The highest BCUT2D eigenvalue weighted by atomic mass is 16.5. The monoisotopic (exact) mass is 322 g/mol. The van der Waals surface area contributed by atoms with Crippen LogP contribution >= 0.6 is 0 Å². The zero-order valence-electron chi connectivity index (χ0n) is 14.1. The lowest BCUT2D eigenvalue weighted by atomic mass is 9.91. The van der Waals surface area contributed by atoms with E-state index in [0.717, 1.165) is 38.8 Å². The number of piperidine rings is 1.